The van der Waals surface area contributed by atoms with Crippen molar-refractivity contribution in [1.29, 1.82) is 0 Å². The molecule has 0 amide bonds. The van der Waals surface area contributed by atoms with E-state index in [4.69, 9.17) is 4.74 Å². The Morgan fingerprint density at radius 1 is 1.39 bits per heavy atom. The lowest BCUT2D eigenvalue weighted by atomic mass is 10.1. The molecule has 1 saturated heterocycles. The van der Waals surface area contributed by atoms with Crippen LogP contribution in [0.25, 0.3) is 0 Å². The number of ether oxygens (including phenoxy) is 1. The molecule has 0 radical (unpaired) electrons. The Kier molecular flexibility index (Phi) is 9.38. The van der Waals surface area contributed by atoms with Crippen LogP contribution in [0.1, 0.15) is 35.3 Å². The zero-order valence-electron chi connectivity index (χ0n) is 14.6. The molecule has 0 aliphatic carbocycles. The molecule has 7 heteroatoms. The molecular formula is C16H29IN4OS. The Balaban J connectivity index is 0.00000264. The molecule has 1 aromatic rings. The average molecular weight is 452 g/mol. The number of aromatic nitrogens is 1. The Bertz CT molecular complexity index is 498. The van der Waals surface area contributed by atoms with Crippen LogP contribution >= 0.6 is 35.3 Å². The number of likely N-dealkylation sites (tertiary alicyclic amines) is 1. The third kappa shape index (κ3) is 6.19. The van der Waals surface area contributed by atoms with Crippen LogP contribution in [0, 0.1) is 13.8 Å². The number of thiazole rings is 1. The number of halogens is 1. The minimum Gasteiger partial charge on any atom is -0.378 e. The summed E-state index contributed by atoms with van der Waals surface area (Å²) in [5.41, 5.74) is 1.16. The maximum atomic E-state index is 5.71. The van der Waals surface area contributed by atoms with Crippen molar-refractivity contribution < 1.29 is 4.74 Å². The lowest BCUT2D eigenvalue weighted by Gasteiger charge is -2.34. The van der Waals surface area contributed by atoms with Gasteiger partial charge in [-0.25, -0.2) is 4.98 Å². The van der Waals surface area contributed by atoms with E-state index < -0.39 is 0 Å². The van der Waals surface area contributed by atoms with E-state index in [0.29, 0.717) is 6.10 Å². The first-order valence-electron chi connectivity index (χ1n) is 8.14. The molecule has 0 atom stereocenters. The van der Waals surface area contributed by atoms with E-state index in [-0.39, 0.29) is 24.0 Å². The minimum absolute atomic E-state index is 0. The molecular weight excluding hydrogens is 423 g/mol. The van der Waals surface area contributed by atoms with Crippen LogP contribution in [-0.2, 0) is 11.2 Å². The van der Waals surface area contributed by atoms with E-state index in [0.717, 1.165) is 62.2 Å². The third-order valence-electron chi connectivity index (χ3n) is 3.99. The molecule has 0 aromatic carbocycles. The second-order valence-electron chi connectivity index (χ2n) is 5.61. The first kappa shape index (κ1) is 20.6. The molecule has 23 heavy (non-hydrogen) atoms. The largest absolute Gasteiger partial charge is 0.378 e. The molecule has 2 heterocycles. The lowest BCUT2D eigenvalue weighted by Crippen LogP contribution is -2.47. The van der Waals surface area contributed by atoms with Crippen LogP contribution in [-0.4, -0.2) is 55.2 Å². The first-order valence-corrected chi connectivity index (χ1v) is 8.95. The Labute approximate surface area is 160 Å². The van der Waals surface area contributed by atoms with Gasteiger partial charge in [-0.1, -0.05) is 0 Å². The van der Waals surface area contributed by atoms with Crippen molar-refractivity contribution in [2.75, 3.05) is 33.3 Å². The van der Waals surface area contributed by atoms with Crippen molar-refractivity contribution >= 4 is 41.3 Å². The van der Waals surface area contributed by atoms with Gasteiger partial charge in [-0.3, -0.25) is 4.99 Å². The Hall–Kier alpha value is -0.410. The van der Waals surface area contributed by atoms with E-state index in [1.165, 1.54) is 4.88 Å². The highest BCUT2D eigenvalue weighted by Gasteiger charge is 2.21. The number of nitrogens with one attached hydrogen (secondary N) is 1. The normalized spacial score (nSPS) is 16.3. The zero-order chi connectivity index (χ0) is 15.9. The van der Waals surface area contributed by atoms with Crippen LogP contribution in [0.5, 0.6) is 0 Å². The van der Waals surface area contributed by atoms with Crippen molar-refractivity contribution in [1.82, 2.24) is 15.2 Å². The maximum absolute atomic E-state index is 5.71. The van der Waals surface area contributed by atoms with Gasteiger partial charge in [-0.05, 0) is 33.6 Å². The number of hydrogen-bond acceptors (Lipinski definition) is 4. The highest BCUT2D eigenvalue weighted by atomic mass is 127. The van der Waals surface area contributed by atoms with Crippen LogP contribution in [0.3, 0.4) is 0 Å². The van der Waals surface area contributed by atoms with Gasteiger partial charge >= 0.3 is 0 Å². The number of rotatable bonds is 5. The second-order valence-corrected chi connectivity index (χ2v) is 6.89. The summed E-state index contributed by atoms with van der Waals surface area (Å²) in [6.07, 6.45) is 3.59. The monoisotopic (exact) mass is 452 g/mol. The van der Waals surface area contributed by atoms with Crippen molar-refractivity contribution in [3.05, 3.63) is 15.6 Å². The fourth-order valence-electron chi connectivity index (χ4n) is 2.90. The van der Waals surface area contributed by atoms with E-state index in [1.807, 2.05) is 7.05 Å². The molecule has 1 aliphatic heterocycles. The molecule has 0 bridgehead atoms. The zero-order valence-corrected chi connectivity index (χ0v) is 17.7. The predicted octanol–water partition coefficient (Wildman–Crippen LogP) is 3.00. The van der Waals surface area contributed by atoms with Gasteiger partial charge < -0.3 is 15.0 Å². The first-order chi connectivity index (χ1) is 10.6. The van der Waals surface area contributed by atoms with Gasteiger partial charge in [0.15, 0.2) is 5.96 Å². The maximum Gasteiger partial charge on any atom is 0.193 e. The predicted molar refractivity (Wildman–Crippen MR) is 108 cm³/mol. The SMILES string of the molecule is CCOC1CCN(C(=NC)NCCc2sc(C)nc2C)CC1.I. The third-order valence-corrected chi connectivity index (χ3v) is 5.12. The summed E-state index contributed by atoms with van der Waals surface area (Å²) in [7, 11) is 1.86. The summed E-state index contributed by atoms with van der Waals surface area (Å²) in [5.74, 6) is 1.01. The number of aryl methyl sites for hydroxylation is 2. The van der Waals surface area contributed by atoms with Crippen molar-refractivity contribution in [3.63, 3.8) is 0 Å². The Morgan fingerprint density at radius 3 is 2.61 bits per heavy atom. The highest BCUT2D eigenvalue weighted by molar-refractivity contribution is 14.0. The van der Waals surface area contributed by atoms with Crippen LogP contribution < -0.4 is 5.32 Å². The van der Waals surface area contributed by atoms with Gasteiger partial charge in [-0.15, -0.1) is 35.3 Å². The van der Waals surface area contributed by atoms with Gasteiger partial charge in [-0.2, -0.15) is 0 Å². The van der Waals surface area contributed by atoms with Crippen LogP contribution in [0.2, 0.25) is 0 Å². The number of nitrogens with zero attached hydrogens (tertiary/aromatic N) is 3. The summed E-state index contributed by atoms with van der Waals surface area (Å²) in [5, 5.41) is 4.63. The molecule has 1 aromatic heterocycles. The smallest absolute Gasteiger partial charge is 0.193 e. The van der Waals surface area contributed by atoms with E-state index in [2.05, 4.69) is 41.0 Å². The molecule has 0 spiro atoms. The number of aliphatic imine (C=N–C) groups is 1. The van der Waals surface area contributed by atoms with Gasteiger partial charge in [0.25, 0.3) is 0 Å². The lowest BCUT2D eigenvalue weighted by molar-refractivity contribution is 0.0264. The van der Waals surface area contributed by atoms with E-state index in [9.17, 15) is 0 Å². The molecule has 1 aliphatic rings. The molecule has 2 rings (SSSR count). The van der Waals surface area contributed by atoms with Crippen LogP contribution in [0.15, 0.2) is 4.99 Å². The van der Waals surface area contributed by atoms with Gasteiger partial charge in [0.2, 0.25) is 0 Å². The standard InChI is InChI=1S/C16H28N4OS.HI/c1-5-21-14-7-10-20(11-8-14)16(17-4)18-9-6-15-12(2)19-13(3)22-15;/h14H,5-11H2,1-4H3,(H,17,18);1H. The van der Waals surface area contributed by atoms with Crippen molar-refractivity contribution in [2.24, 2.45) is 4.99 Å². The molecule has 1 N–H and O–H groups in total. The number of piperidine rings is 1. The Morgan fingerprint density at radius 2 is 2.09 bits per heavy atom. The molecule has 0 saturated carbocycles. The summed E-state index contributed by atoms with van der Waals surface area (Å²) < 4.78 is 5.71. The van der Waals surface area contributed by atoms with Gasteiger partial charge in [0, 0.05) is 44.6 Å². The molecule has 132 valence electrons. The topological polar surface area (TPSA) is 49.8 Å². The highest BCUT2D eigenvalue weighted by Crippen LogP contribution is 2.17. The summed E-state index contributed by atoms with van der Waals surface area (Å²) in [4.78, 5) is 12.6. The van der Waals surface area contributed by atoms with Crippen LogP contribution in [0.4, 0.5) is 0 Å². The fraction of sp³-hybridized carbons (Fsp3) is 0.750. The molecule has 5 nitrogen and oxygen atoms in total. The molecule has 0 unspecified atom stereocenters. The number of guanidine groups is 1. The average Bonchev–Trinajstić information content (AvgIpc) is 2.83. The van der Waals surface area contributed by atoms with Crippen molar-refractivity contribution in [2.45, 2.75) is 46.1 Å². The second kappa shape index (κ2) is 10.5. The van der Waals surface area contributed by atoms with E-state index >= 15 is 0 Å². The summed E-state index contributed by atoms with van der Waals surface area (Å²) in [6.45, 7) is 9.97. The minimum atomic E-state index is 0. The van der Waals surface area contributed by atoms with E-state index in [1.54, 1.807) is 11.3 Å². The van der Waals surface area contributed by atoms with Gasteiger partial charge in [0.1, 0.15) is 0 Å². The quantitative estimate of drug-likeness (QED) is 0.424. The van der Waals surface area contributed by atoms with Gasteiger partial charge in [0.05, 0.1) is 16.8 Å². The summed E-state index contributed by atoms with van der Waals surface area (Å²) in [6, 6.07) is 0. The molecule has 1 fully saturated rings. The summed E-state index contributed by atoms with van der Waals surface area (Å²) >= 11 is 1.79. The number of hydrogen-bond donors (Lipinski definition) is 1. The fourth-order valence-corrected chi connectivity index (χ4v) is 3.83. The van der Waals surface area contributed by atoms with Crippen molar-refractivity contribution in [3.8, 4) is 0 Å².